The van der Waals surface area contributed by atoms with Gasteiger partial charge >= 0.3 is 7.75 Å². The minimum atomic E-state index is -4.17. The molecular formula is C20H18F2NO3P. The maximum Gasteiger partial charge on any atom is 0.513 e. The first-order valence-electron chi connectivity index (χ1n) is 8.28. The topological polar surface area (TPSA) is 47.6 Å². The molecule has 0 aromatic heterocycles. The Morgan fingerprint density at radius 1 is 0.778 bits per heavy atom. The highest BCUT2D eigenvalue weighted by molar-refractivity contribution is 7.52. The molecule has 0 aliphatic heterocycles. The number of para-hydroxylation sites is 2. The maximum atomic E-state index is 14.0. The zero-order chi connectivity index (χ0) is 19.3. The molecule has 4 nitrogen and oxygen atoms in total. The van der Waals surface area contributed by atoms with Crippen LogP contribution in [0.15, 0.2) is 78.9 Å². The van der Waals surface area contributed by atoms with Crippen molar-refractivity contribution in [3.8, 4) is 11.5 Å². The number of rotatable bonds is 7. The number of hydrogen-bond acceptors (Lipinski definition) is 3. The molecule has 0 heterocycles. The molecule has 0 saturated heterocycles. The molecule has 27 heavy (non-hydrogen) atoms. The largest absolute Gasteiger partial charge is 0.513 e. The molecule has 0 amide bonds. The van der Waals surface area contributed by atoms with Crippen molar-refractivity contribution >= 4 is 7.75 Å². The van der Waals surface area contributed by atoms with Gasteiger partial charge in [0.1, 0.15) is 0 Å². The summed E-state index contributed by atoms with van der Waals surface area (Å²) in [6, 6.07) is 19.7. The van der Waals surface area contributed by atoms with Crippen molar-refractivity contribution in [2.45, 2.75) is 13.0 Å². The van der Waals surface area contributed by atoms with Gasteiger partial charge in [-0.25, -0.2) is 13.3 Å². The summed E-state index contributed by atoms with van der Waals surface area (Å²) in [4.78, 5) is 0. The molecule has 0 aliphatic rings. The lowest BCUT2D eigenvalue weighted by Crippen LogP contribution is -2.22. The van der Waals surface area contributed by atoms with Crippen LogP contribution in [0.25, 0.3) is 0 Å². The van der Waals surface area contributed by atoms with Gasteiger partial charge in [0, 0.05) is 6.04 Å². The van der Waals surface area contributed by atoms with E-state index in [2.05, 4.69) is 5.09 Å². The Bertz CT molecular complexity index is 901. The summed E-state index contributed by atoms with van der Waals surface area (Å²) in [5.41, 5.74) is 0.812. The highest BCUT2D eigenvalue weighted by Gasteiger charge is 2.33. The Kier molecular flexibility index (Phi) is 5.89. The lowest BCUT2D eigenvalue weighted by atomic mass is 10.1. The van der Waals surface area contributed by atoms with Crippen LogP contribution in [0.5, 0.6) is 11.5 Å². The molecule has 7 heteroatoms. The standard InChI is InChI=1S/C20H18F2NO3P/c1-15(16-9-3-2-4-10-16)23-27(24,25-19-13-7-5-11-17(19)21)26-20-14-8-6-12-18(20)22/h2-15H,1H3,(H,23,24)/t15-/m0/s1. The Hall–Kier alpha value is -2.69. The molecule has 3 rings (SSSR count). The van der Waals surface area contributed by atoms with Crippen LogP contribution in [0.1, 0.15) is 18.5 Å². The fourth-order valence-corrected chi connectivity index (χ4v) is 4.00. The predicted molar refractivity (Wildman–Crippen MR) is 99.7 cm³/mol. The summed E-state index contributed by atoms with van der Waals surface area (Å²) >= 11 is 0. The second kappa shape index (κ2) is 8.33. The zero-order valence-corrected chi connectivity index (χ0v) is 15.4. The van der Waals surface area contributed by atoms with E-state index in [0.29, 0.717) is 0 Å². The van der Waals surface area contributed by atoms with Gasteiger partial charge in [-0.3, -0.25) is 0 Å². The van der Waals surface area contributed by atoms with E-state index in [9.17, 15) is 13.3 Å². The van der Waals surface area contributed by atoms with E-state index in [0.717, 1.165) is 5.56 Å². The van der Waals surface area contributed by atoms with Crippen LogP contribution < -0.4 is 14.1 Å². The lowest BCUT2D eigenvalue weighted by molar-refractivity contribution is 0.347. The first kappa shape index (κ1) is 19.1. The zero-order valence-electron chi connectivity index (χ0n) is 14.5. The van der Waals surface area contributed by atoms with Crippen LogP contribution in [0, 0.1) is 11.6 Å². The minimum Gasteiger partial charge on any atom is -0.401 e. The summed E-state index contributed by atoms with van der Waals surface area (Å²) in [7, 11) is -4.17. The third kappa shape index (κ3) is 4.94. The summed E-state index contributed by atoms with van der Waals surface area (Å²) in [5.74, 6) is -1.93. The van der Waals surface area contributed by atoms with Crippen molar-refractivity contribution in [1.82, 2.24) is 5.09 Å². The molecule has 0 saturated carbocycles. The summed E-state index contributed by atoms with van der Waals surface area (Å²) in [6.07, 6.45) is 0. The van der Waals surface area contributed by atoms with Gasteiger partial charge in [-0.15, -0.1) is 0 Å². The molecule has 1 atom stereocenters. The molecule has 140 valence electrons. The van der Waals surface area contributed by atoms with Crippen LogP contribution in [0.4, 0.5) is 8.78 Å². The second-order valence-electron chi connectivity index (χ2n) is 5.80. The van der Waals surface area contributed by atoms with Gasteiger partial charge in [0.05, 0.1) is 0 Å². The van der Waals surface area contributed by atoms with Gasteiger partial charge < -0.3 is 9.05 Å². The maximum absolute atomic E-state index is 14.0. The highest BCUT2D eigenvalue weighted by Crippen LogP contribution is 2.47. The lowest BCUT2D eigenvalue weighted by Gasteiger charge is -2.24. The van der Waals surface area contributed by atoms with E-state index in [-0.39, 0.29) is 11.5 Å². The van der Waals surface area contributed by atoms with Gasteiger partial charge in [-0.05, 0) is 36.8 Å². The van der Waals surface area contributed by atoms with Gasteiger partial charge in [0.2, 0.25) is 0 Å². The average Bonchev–Trinajstić information content (AvgIpc) is 2.66. The highest BCUT2D eigenvalue weighted by atomic mass is 31.2. The van der Waals surface area contributed by atoms with Crippen molar-refractivity contribution in [2.24, 2.45) is 0 Å². The molecule has 0 bridgehead atoms. The van der Waals surface area contributed by atoms with E-state index in [1.54, 1.807) is 6.92 Å². The third-order valence-electron chi connectivity index (χ3n) is 3.76. The van der Waals surface area contributed by atoms with Crippen molar-refractivity contribution in [3.05, 3.63) is 96.1 Å². The van der Waals surface area contributed by atoms with E-state index in [4.69, 9.17) is 9.05 Å². The van der Waals surface area contributed by atoms with Crippen molar-refractivity contribution in [1.29, 1.82) is 0 Å². The Labute approximate surface area is 156 Å². The van der Waals surface area contributed by atoms with Crippen LogP contribution in [0.3, 0.4) is 0 Å². The Morgan fingerprint density at radius 2 is 1.22 bits per heavy atom. The summed E-state index contributed by atoms with van der Waals surface area (Å²) in [6.45, 7) is 1.75. The molecule has 0 fully saturated rings. The summed E-state index contributed by atoms with van der Waals surface area (Å²) < 4.78 is 52.1. The monoisotopic (exact) mass is 389 g/mol. The van der Waals surface area contributed by atoms with Crippen LogP contribution in [0.2, 0.25) is 0 Å². The molecule has 1 N–H and O–H groups in total. The molecule has 0 aliphatic carbocycles. The van der Waals surface area contributed by atoms with Gasteiger partial charge in [-0.2, -0.15) is 5.09 Å². The van der Waals surface area contributed by atoms with Gasteiger partial charge in [0.15, 0.2) is 23.1 Å². The van der Waals surface area contributed by atoms with E-state index in [1.165, 1.54) is 48.5 Å². The third-order valence-corrected chi connectivity index (χ3v) is 5.34. The molecule has 0 spiro atoms. The molecular weight excluding hydrogens is 371 g/mol. The number of benzene rings is 3. The molecule has 3 aromatic carbocycles. The van der Waals surface area contributed by atoms with Crippen molar-refractivity contribution in [3.63, 3.8) is 0 Å². The van der Waals surface area contributed by atoms with E-state index < -0.39 is 25.4 Å². The fourth-order valence-electron chi connectivity index (χ4n) is 2.42. The fraction of sp³-hybridized carbons (Fsp3) is 0.100. The number of halogens is 2. The predicted octanol–water partition coefficient (Wildman–Crippen LogP) is 5.88. The average molecular weight is 389 g/mol. The normalized spacial score (nSPS) is 12.4. The van der Waals surface area contributed by atoms with E-state index >= 15 is 0 Å². The van der Waals surface area contributed by atoms with Crippen LogP contribution in [-0.2, 0) is 4.57 Å². The van der Waals surface area contributed by atoms with Crippen molar-refractivity contribution in [2.75, 3.05) is 0 Å². The quantitative estimate of drug-likeness (QED) is 0.513. The van der Waals surface area contributed by atoms with Gasteiger partial charge in [0.25, 0.3) is 0 Å². The molecule has 0 unspecified atom stereocenters. The van der Waals surface area contributed by atoms with E-state index in [1.807, 2.05) is 30.3 Å². The van der Waals surface area contributed by atoms with Crippen LogP contribution >= 0.6 is 7.75 Å². The molecule has 0 radical (unpaired) electrons. The minimum absolute atomic E-state index is 0.259. The first-order valence-corrected chi connectivity index (χ1v) is 9.82. The molecule has 3 aromatic rings. The van der Waals surface area contributed by atoms with Crippen LogP contribution in [-0.4, -0.2) is 0 Å². The Balaban J connectivity index is 1.91. The Morgan fingerprint density at radius 3 is 1.70 bits per heavy atom. The van der Waals surface area contributed by atoms with Gasteiger partial charge in [-0.1, -0.05) is 54.6 Å². The van der Waals surface area contributed by atoms with Crippen molar-refractivity contribution < 1.29 is 22.4 Å². The summed E-state index contributed by atoms with van der Waals surface area (Å²) in [5, 5.41) is 2.74. The SMILES string of the molecule is C[C@H](NP(=O)(Oc1ccccc1F)Oc1ccccc1F)c1ccccc1. The first-order chi connectivity index (χ1) is 13.0. The number of hydrogen-bond donors (Lipinski definition) is 1. The number of nitrogens with one attached hydrogen (secondary N) is 1. The second-order valence-corrected chi connectivity index (χ2v) is 7.42. The smallest absolute Gasteiger partial charge is 0.401 e.